The van der Waals surface area contributed by atoms with Gasteiger partial charge in [0, 0.05) is 28.5 Å². The molecule has 3 aromatic rings. The molecule has 1 saturated heterocycles. The van der Waals surface area contributed by atoms with Crippen molar-refractivity contribution in [1.29, 1.82) is 0 Å². The number of aromatic nitrogens is 3. The summed E-state index contributed by atoms with van der Waals surface area (Å²) in [5.41, 5.74) is 9.15. The molecule has 3 heterocycles. The highest BCUT2D eigenvalue weighted by Gasteiger charge is 2.42. The Hall–Kier alpha value is -1.84. The van der Waals surface area contributed by atoms with Crippen molar-refractivity contribution in [1.82, 2.24) is 20.3 Å². The number of aliphatic hydroxyl groups is 2. The summed E-state index contributed by atoms with van der Waals surface area (Å²) in [5, 5.41) is 24.4. The molecule has 1 aromatic carbocycles. The van der Waals surface area contributed by atoms with Crippen LogP contribution in [0, 0.1) is 6.92 Å². The molecule has 0 spiro atoms. The number of aliphatic hydroxyl groups excluding tert-OH is 2. The van der Waals surface area contributed by atoms with E-state index in [0.717, 1.165) is 10.5 Å². The lowest BCUT2D eigenvalue weighted by atomic mass is 10.0. The quantitative estimate of drug-likeness (QED) is 0.418. The van der Waals surface area contributed by atoms with Crippen LogP contribution in [0.25, 0.3) is 11.0 Å². The van der Waals surface area contributed by atoms with Crippen molar-refractivity contribution in [3.8, 4) is 0 Å². The Bertz CT molecular complexity index is 937. The number of nitrogens with two attached hydrogens (primary N) is 1. The molecule has 7 nitrogen and oxygen atoms in total. The number of aryl methyl sites for hydroxylation is 1. The van der Waals surface area contributed by atoms with E-state index < -0.39 is 18.2 Å². The fourth-order valence-corrected chi connectivity index (χ4v) is 4.50. The van der Waals surface area contributed by atoms with Gasteiger partial charge in [-0.25, -0.2) is 9.97 Å². The summed E-state index contributed by atoms with van der Waals surface area (Å²) >= 11 is 1.66. The minimum absolute atomic E-state index is 0. The van der Waals surface area contributed by atoms with E-state index >= 15 is 0 Å². The number of anilines is 1. The smallest absolute Gasteiger partial charge is 0.151 e. The van der Waals surface area contributed by atoms with Crippen LogP contribution in [0.1, 0.15) is 17.2 Å². The maximum absolute atomic E-state index is 10.6. The Morgan fingerprint density at radius 1 is 1.22 bits per heavy atom. The third-order valence-corrected chi connectivity index (χ3v) is 5.89. The largest absolute Gasteiger partial charge is 0.389 e. The molecule has 9 heteroatoms. The molecule has 0 amide bonds. The van der Waals surface area contributed by atoms with Crippen LogP contribution in [0.5, 0.6) is 0 Å². The fourth-order valence-electron chi connectivity index (χ4n) is 3.39. The lowest BCUT2D eigenvalue weighted by Crippen LogP contribution is -2.35. The number of benzene rings is 1. The van der Waals surface area contributed by atoms with Gasteiger partial charge in [0.15, 0.2) is 5.82 Å². The van der Waals surface area contributed by atoms with Crippen molar-refractivity contribution in [2.45, 2.75) is 36.1 Å². The fraction of sp³-hybridized carbons (Fsp3) is 0.333. The molecule has 6 N–H and O–H groups in total. The molecule has 4 unspecified atom stereocenters. The molecule has 0 aliphatic carbocycles. The van der Waals surface area contributed by atoms with E-state index in [9.17, 15) is 10.2 Å². The van der Waals surface area contributed by atoms with Gasteiger partial charge in [0.05, 0.1) is 17.7 Å². The maximum atomic E-state index is 10.6. The molecule has 0 bridgehead atoms. The molecule has 4 atom stereocenters. The monoisotopic (exact) mass is 407 g/mol. The predicted molar refractivity (Wildman–Crippen MR) is 109 cm³/mol. The van der Waals surface area contributed by atoms with Gasteiger partial charge in [0.25, 0.3) is 0 Å². The van der Waals surface area contributed by atoms with Crippen LogP contribution >= 0.6 is 24.2 Å². The number of aromatic amines is 1. The molecule has 1 aliphatic heterocycles. The normalized spacial score (nSPS) is 24.9. The van der Waals surface area contributed by atoms with Crippen molar-refractivity contribution in [3.05, 3.63) is 47.9 Å². The summed E-state index contributed by atoms with van der Waals surface area (Å²) in [6.45, 7) is 2.05. The second kappa shape index (κ2) is 8.04. The molecular weight excluding hydrogens is 386 g/mol. The van der Waals surface area contributed by atoms with Gasteiger partial charge in [-0.15, -0.1) is 24.2 Å². The Morgan fingerprint density at radius 2 is 2.04 bits per heavy atom. The zero-order valence-electron chi connectivity index (χ0n) is 14.7. The summed E-state index contributed by atoms with van der Waals surface area (Å²) in [4.78, 5) is 12.4. The van der Waals surface area contributed by atoms with Gasteiger partial charge in [-0.2, -0.15) is 0 Å². The first kappa shape index (κ1) is 19.9. The van der Waals surface area contributed by atoms with Crippen LogP contribution in [0.15, 0.2) is 41.7 Å². The van der Waals surface area contributed by atoms with Gasteiger partial charge in [-0.3, -0.25) is 0 Å². The first-order valence-electron chi connectivity index (χ1n) is 8.43. The van der Waals surface area contributed by atoms with E-state index in [4.69, 9.17) is 5.73 Å². The number of nitrogen functional groups attached to an aromatic ring is 1. The number of hydrogen-bond acceptors (Lipinski definition) is 7. The molecule has 144 valence electrons. The molecular formula is C18H22ClN5O2S. The van der Waals surface area contributed by atoms with Gasteiger partial charge in [-0.05, 0) is 19.1 Å². The minimum atomic E-state index is -0.923. The average Bonchev–Trinajstić information content (AvgIpc) is 3.17. The highest BCUT2D eigenvalue weighted by atomic mass is 35.5. The Labute approximate surface area is 167 Å². The number of nitrogens with one attached hydrogen (secondary N) is 2. The first-order chi connectivity index (χ1) is 12.5. The third kappa shape index (κ3) is 3.76. The summed E-state index contributed by atoms with van der Waals surface area (Å²) in [7, 11) is 0. The maximum Gasteiger partial charge on any atom is 0.151 e. The first-order valence-corrected chi connectivity index (χ1v) is 9.42. The zero-order valence-corrected chi connectivity index (χ0v) is 16.3. The van der Waals surface area contributed by atoms with Crippen LogP contribution in [0.2, 0.25) is 0 Å². The molecule has 27 heavy (non-hydrogen) atoms. The molecule has 0 radical (unpaired) electrons. The highest BCUT2D eigenvalue weighted by molar-refractivity contribution is 7.99. The second-order valence-electron chi connectivity index (χ2n) is 6.59. The topological polar surface area (TPSA) is 120 Å². The molecule has 2 aromatic heterocycles. The van der Waals surface area contributed by atoms with Crippen LogP contribution in [-0.4, -0.2) is 49.2 Å². The lowest BCUT2D eigenvalue weighted by Gasteiger charge is -2.15. The number of rotatable bonds is 4. The van der Waals surface area contributed by atoms with E-state index in [-0.39, 0.29) is 18.4 Å². The lowest BCUT2D eigenvalue weighted by molar-refractivity contribution is 0.0308. The Morgan fingerprint density at radius 3 is 2.81 bits per heavy atom. The SMILES string of the molecule is Cc1cccc(SCC2NC(c3c[nH]c4c(N)ncnc34)C(O)C2O)c1.Cl. The van der Waals surface area contributed by atoms with Gasteiger partial charge < -0.3 is 26.2 Å². The van der Waals surface area contributed by atoms with E-state index in [1.165, 1.54) is 11.9 Å². The predicted octanol–water partition coefficient (Wildman–Crippen LogP) is 1.80. The molecule has 0 saturated carbocycles. The summed E-state index contributed by atoms with van der Waals surface area (Å²) < 4.78 is 0. The number of fused-ring (bicyclic) bond motifs is 1. The van der Waals surface area contributed by atoms with Gasteiger partial charge in [0.1, 0.15) is 17.9 Å². The Kier molecular flexibility index (Phi) is 5.92. The van der Waals surface area contributed by atoms with Crippen molar-refractivity contribution >= 4 is 41.0 Å². The second-order valence-corrected chi connectivity index (χ2v) is 7.68. The van der Waals surface area contributed by atoms with Gasteiger partial charge in [0.2, 0.25) is 0 Å². The molecule has 1 aliphatic rings. The Balaban J connectivity index is 0.00000210. The summed E-state index contributed by atoms with van der Waals surface area (Å²) in [6.07, 6.45) is 1.38. The number of hydrogen-bond donors (Lipinski definition) is 5. The van der Waals surface area contributed by atoms with Crippen molar-refractivity contribution < 1.29 is 10.2 Å². The van der Waals surface area contributed by atoms with Crippen LogP contribution in [0.4, 0.5) is 5.82 Å². The van der Waals surface area contributed by atoms with E-state index in [1.807, 2.05) is 12.1 Å². The number of H-pyrrole nitrogens is 1. The third-order valence-electron chi connectivity index (χ3n) is 4.77. The average molecular weight is 408 g/mol. The number of nitrogens with zero attached hydrogens (tertiary/aromatic N) is 2. The van der Waals surface area contributed by atoms with Gasteiger partial charge in [-0.1, -0.05) is 17.7 Å². The van der Waals surface area contributed by atoms with Crippen LogP contribution in [-0.2, 0) is 0 Å². The number of thioether (sulfide) groups is 1. The van der Waals surface area contributed by atoms with E-state index in [0.29, 0.717) is 22.6 Å². The number of halogens is 1. The van der Waals surface area contributed by atoms with E-state index in [1.54, 1.807) is 18.0 Å². The van der Waals surface area contributed by atoms with Crippen molar-refractivity contribution in [2.75, 3.05) is 11.5 Å². The highest BCUT2D eigenvalue weighted by Crippen LogP contribution is 2.34. The van der Waals surface area contributed by atoms with Crippen LogP contribution in [0.3, 0.4) is 0 Å². The summed E-state index contributed by atoms with van der Waals surface area (Å²) in [6, 6.07) is 7.58. The summed E-state index contributed by atoms with van der Waals surface area (Å²) in [5.74, 6) is 1.01. The van der Waals surface area contributed by atoms with Crippen LogP contribution < -0.4 is 11.1 Å². The van der Waals surface area contributed by atoms with Gasteiger partial charge >= 0.3 is 0 Å². The van der Waals surface area contributed by atoms with E-state index in [2.05, 4.69) is 39.3 Å². The molecule has 1 fully saturated rings. The minimum Gasteiger partial charge on any atom is -0.389 e. The molecule has 4 rings (SSSR count). The standard InChI is InChI=1S/C18H21N5O2S.ClH/c1-9-3-2-4-10(5-9)26-7-12-16(24)17(25)14(23-12)11-6-20-15-13(11)21-8-22-18(15)19;/h2-6,8,12,14,16-17,20,23-25H,7H2,1H3,(H2,19,21,22);1H. The van der Waals surface area contributed by atoms with Crippen molar-refractivity contribution in [2.24, 2.45) is 0 Å². The van der Waals surface area contributed by atoms with Crippen molar-refractivity contribution in [3.63, 3.8) is 0 Å². The zero-order chi connectivity index (χ0) is 18.3.